The summed E-state index contributed by atoms with van der Waals surface area (Å²) in [6.07, 6.45) is 3.09. The lowest BCUT2D eigenvalue weighted by Gasteiger charge is -2.19. The third kappa shape index (κ3) is 3.96. The lowest BCUT2D eigenvalue weighted by molar-refractivity contribution is 0.568. The quantitative estimate of drug-likeness (QED) is 0.834. The SMILES string of the molecule is CCCNC(CSC)c1cc(F)ccc1Cl. The molecule has 1 nitrogen and oxygen atoms in total. The summed E-state index contributed by atoms with van der Waals surface area (Å²) in [7, 11) is 0. The van der Waals surface area contributed by atoms with Gasteiger partial charge in [0, 0.05) is 16.8 Å². The van der Waals surface area contributed by atoms with Gasteiger partial charge < -0.3 is 5.32 Å². The molecule has 1 N–H and O–H groups in total. The zero-order valence-electron chi connectivity index (χ0n) is 9.59. The summed E-state index contributed by atoms with van der Waals surface area (Å²) in [5.41, 5.74) is 0.851. The molecule has 0 radical (unpaired) electrons. The monoisotopic (exact) mass is 261 g/mol. The van der Waals surface area contributed by atoms with Gasteiger partial charge in [-0.15, -0.1) is 0 Å². The van der Waals surface area contributed by atoms with Crippen LogP contribution in [0.25, 0.3) is 0 Å². The number of nitrogens with one attached hydrogen (secondary N) is 1. The predicted octanol–water partition coefficient (Wildman–Crippen LogP) is 3.88. The smallest absolute Gasteiger partial charge is 0.123 e. The van der Waals surface area contributed by atoms with E-state index in [4.69, 9.17) is 11.6 Å². The van der Waals surface area contributed by atoms with Crippen molar-refractivity contribution in [2.24, 2.45) is 0 Å². The van der Waals surface area contributed by atoms with Crippen LogP contribution in [0.15, 0.2) is 18.2 Å². The fraction of sp³-hybridized carbons (Fsp3) is 0.500. The first-order valence-corrected chi connectivity index (χ1v) is 7.13. The van der Waals surface area contributed by atoms with Gasteiger partial charge in [-0.05, 0) is 43.0 Å². The molecule has 1 atom stereocenters. The fourth-order valence-corrected chi connectivity index (χ4v) is 2.41. The summed E-state index contributed by atoms with van der Waals surface area (Å²) in [5, 5.41) is 4.01. The third-order valence-electron chi connectivity index (χ3n) is 2.31. The van der Waals surface area contributed by atoms with Crippen LogP contribution in [0, 0.1) is 5.82 Å². The molecule has 1 aromatic rings. The van der Waals surface area contributed by atoms with Crippen molar-refractivity contribution in [2.75, 3.05) is 18.6 Å². The Morgan fingerprint density at radius 1 is 1.50 bits per heavy atom. The molecule has 1 aromatic carbocycles. The van der Waals surface area contributed by atoms with Crippen molar-refractivity contribution >= 4 is 23.4 Å². The maximum atomic E-state index is 13.2. The van der Waals surface area contributed by atoms with E-state index in [1.54, 1.807) is 17.8 Å². The maximum Gasteiger partial charge on any atom is 0.123 e. The first-order chi connectivity index (χ1) is 7.69. The average molecular weight is 262 g/mol. The first-order valence-electron chi connectivity index (χ1n) is 5.36. The Labute approximate surface area is 106 Å². The Morgan fingerprint density at radius 3 is 2.88 bits per heavy atom. The minimum Gasteiger partial charge on any atom is -0.309 e. The van der Waals surface area contributed by atoms with Crippen LogP contribution >= 0.6 is 23.4 Å². The summed E-state index contributed by atoms with van der Waals surface area (Å²) in [6.45, 7) is 3.02. The lowest BCUT2D eigenvalue weighted by atomic mass is 10.1. The average Bonchev–Trinajstić information content (AvgIpc) is 2.28. The molecule has 1 unspecified atom stereocenters. The number of thioether (sulfide) groups is 1. The molecule has 0 spiro atoms. The molecule has 0 saturated heterocycles. The Balaban J connectivity index is 2.85. The summed E-state index contributed by atoms with van der Waals surface area (Å²) in [5.74, 6) is 0.659. The molecule has 1 rings (SSSR count). The van der Waals surface area contributed by atoms with Crippen LogP contribution in [0.2, 0.25) is 5.02 Å². The fourth-order valence-electron chi connectivity index (χ4n) is 1.53. The lowest BCUT2D eigenvalue weighted by Crippen LogP contribution is -2.24. The van der Waals surface area contributed by atoms with Crippen LogP contribution in [0.4, 0.5) is 4.39 Å². The van der Waals surface area contributed by atoms with Gasteiger partial charge in [0.2, 0.25) is 0 Å². The number of benzene rings is 1. The van der Waals surface area contributed by atoms with E-state index in [2.05, 4.69) is 12.2 Å². The normalized spacial score (nSPS) is 12.8. The topological polar surface area (TPSA) is 12.0 Å². The van der Waals surface area contributed by atoms with E-state index in [-0.39, 0.29) is 11.9 Å². The van der Waals surface area contributed by atoms with Gasteiger partial charge in [0.25, 0.3) is 0 Å². The van der Waals surface area contributed by atoms with Crippen molar-refractivity contribution in [1.82, 2.24) is 5.32 Å². The zero-order valence-corrected chi connectivity index (χ0v) is 11.2. The Morgan fingerprint density at radius 2 is 2.25 bits per heavy atom. The van der Waals surface area contributed by atoms with Crippen LogP contribution in [0.1, 0.15) is 24.9 Å². The number of halogens is 2. The maximum absolute atomic E-state index is 13.2. The Hall–Kier alpha value is -0.250. The van der Waals surface area contributed by atoms with E-state index in [9.17, 15) is 4.39 Å². The highest BCUT2D eigenvalue weighted by Crippen LogP contribution is 2.26. The van der Waals surface area contributed by atoms with Gasteiger partial charge in [-0.25, -0.2) is 4.39 Å². The zero-order chi connectivity index (χ0) is 12.0. The molecule has 0 amide bonds. The molecule has 4 heteroatoms. The third-order valence-corrected chi connectivity index (χ3v) is 3.32. The minimum atomic E-state index is -0.233. The van der Waals surface area contributed by atoms with Gasteiger partial charge in [0.15, 0.2) is 0 Å². The Bertz CT molecular complexity index is 333. The largest absolute Gasteiger partial charge is 0.309 e. The highest BCUT2D eigenvalue weighted by molar-refractivity contribution is 7.98. The summed E-state index contributed by atoms with van der Waals surface area (Å²) in [6, 6.07) is 4.65. The number of hydrogen-bond donors (Lipinski definition) is 1. The van der Waals surface area contributed by atoms with Crippen LogP contribution in [-0.4, -0.2) is 18.6 Å². The van der Waals surface area contributed by atoms with E-state index in [0.29, 0.717) is 5.02 Å². The van der Waals surface area contributed by atoms with E-state index in [1.807, 2.05) is 6.26 Å². The summed E-state index contributed by atoms with van der Waals surface area (Å²) >= 11 is 7.82. The van der Waals surface area contributed by atoms with E-state index in [0.717, 1.165) is 24.3 Å². The molecular weight excluding hydrogens is 245 g/mol. The Kier molecular flexibility index (Phi) is 6.17. The highest BCUT2D eigenvalue weighted by atomic mass is 35.5. The molecule has 0 saturated carbocycles. The molecule has 0 aliphatic heterocycles. The molecular formula is C12H17ClFNS. The van der Waals surface area contributed by atoms with Crippen LogP contribution in [0.3, 0.4) is 0 Å². The second-order valence-electron chi connectivity index (χ2n) is 3.63. The van der Waals surface area contributed by atoms with Crippen LogP contribution < -0.4 is 5.32 Å². The standard InChI is InChI=1S/C12H17ClFNS/c1-3-6-15-12(8-16-2)10-7-9(14)4-5-11(10)13/h4-5,7,12,15H,3,6,8H2,1-2H3. The van der Waals surface area contributed by atoms with Crippen molar-refractivity contribution in [2.45, 2.75) is 19.4 Å². The van der Waals surface area contributed by atoms with Crippen molar-refractivity contribution in [3.8, 4) is 0 Å². The molecule has 0 aliphatic rings. The van der Waals surface area contributed by atoms with Gasteiger partial charge in [-0.3, -0.25) is 0 Å². The molecule has 0 fully saturated rings. The first kappa shape index (κ1) is 13.8. The van der Waals surface area contributed by atoms with E-state index >= 15 is 0 Å². The predicted molar refractivity (Wildman–Crippen MR) is 70.8 cm³/mol. The number of hydrogen-bond acceptors (Lipinski definition) is 2. The second-order valence-corrected chi connectivity index (χ2v) is 4.95. The highest BCUT2D eigenvalue weighted by Gasteiger charge is 2.14. The van der Waals surface area contributed by atoms with Gasteiger partial charge in [0.05, 0.1) is 0 Å². The summed E-state index contributed by atoms with van der Waals surface area (Å²) in [4.78, 5) is 0. The molecule has 0 aliphatic carbocycles. The van der Waals surface area contributed by atoms with Crippen molar-refractivity contribution < 1.29 is 4.39 Å². The van der Waals surface area contributed by atoms with Crippen molar-refractivity contribution in [3.05, 3.63) is 34.6 Å². The van der Waals surface area contributed by atoms with Crippen LogP contribution in [-0.2, 0) is 0 Å². The van der Waals surface area contributed by atoms with Gasteiger partial charge >= 0.3 is 0 Å². The van der Waals surface area contributed by atoms with Gasteiger partial charge in [-0.2, -0.15) is 11.8 Å². The molecule has 0 heterocycles. The minimum absolute atomic E-state index is 0.123. The number of rotatable bonds is 6. The van der Waals surface area contributed by atoms with Gasteiger partial charge in [-0.1, -0.05) is 18.5 Å². The molecule has 0 bridgehead atoms. The molecule has 0 aromatic heterocycles. The molecule has 16 heavy (non-hydrogen) atoms. The van der Waals surface area contributed by atoms with Crippen LogP contribution in [0.5, 0.6) is 0 Å². The second kappa shape index (κ2) is 7.15. The van der Waals surface area contributed by atoms with Crippen molar-refractivity contribution in [1.29, 1.82) is 0 Å². The summed E-state index contributed by atoms with van der Waals surface area (Å²) < 4.78 is 13.2. The molecule has 90 valence electrons. The van der Waals surface area contributed by atoms with E-state index in [1.165, 1.54) is 12.1 Å². The van der Waals surface area contributed by atoms with E-state index < -0.39 is 0 Å². The van der Waals surface area contributed by atoms with Crippen molar-refractivity contribution in [3.63, 3.8) is 0 Å². The van der Waals surface area contributed by atoms with Gasteiger partial charge in [0.1, 0.15) is 5.82 Å².